The van der Waals surface area contributed by atoms with Gasteiger partial charge in [-0.2, -0.15) is 4.39 Å². The van der Waals surface area contributed by atoms with E-state index in [1.54, 1.807) is 12.1 Å². The van der Waals surface area contributed by atoms with E-state index in [0.29, 0.717) is 12.4 Å². The summed E-state index contributed by atoms with van der Waals surface area (Å²) in [5.41, 5.74) is 0.0593. The largest absolute Gasteiger partial charge is 0.494 e. The molecule has 0 amide bonds. The van der Waals surface area contributed by atoms with E-state index >= 15 is 0 Å². The molecule has 0 spiro atoms. The molecule has 3 heteroatoms. The summed E-state index contributed by atoms with van der Waals surface area (Å²) in [6.07, 6.45) is 20.1. The molecular weight excluding hydrogens is 339 g/mol. The Morgan fingerprint density at radius 2 is 1.26 bits per heavy atom. The van der Waals surface area contributed by atoms with E-state index in [9.17, 15) is 9.18 Å². The summed E-state index contributed by atoms with van der Waals surface area (Å²) in [7, 11) is 0. The van der Waals surface area contributed by atoms with E-state index in [4.69, 9.17) is 4.74 Å². The van der Waals surface area contributed by atoms with Crippen LogP contribution in [0, 0.1) is 0 Å². The first-order valence-electron chi connectivity index (χ1n) is 11.2. The summed E-state index contributed by atoms with van der Waals surface area (Å²) in [5.74, 6) is 0.573. The van der Waals surface area contributed by atoms with E-state index in [1.165, 1.54) is 102 Å². The van der Waals surface area contributed by atoms with Crippen LogP contribution in [-0.2, 0) is 0 Å². The molecule has 0 unspecified atom stereocenters. The van der Waals surface area contributed by atoms with Crippen molar-refractivity contribution in [1.82, 2.24) is 0 Å². The Kier molecular flexibility index (Phi) is 14.7. The van der Waals surface area contributed by atoms with Gasteiger partial charge in [0, 0.05) is 0 Å². The molecule has 0 radical (unpaired) electrons. The molecule has 0 saturated heterocycles. The van der Waals surface area contributed by atoms with Crippen molar-refractivity contribution >= 4 is 6.04 Å². The zero-order chi connectivity index (χ0) is 19.6. The van der Waals surface area contributed by atoms with Gasteiger partial charge in [-0.25, -0.2) is 0 Å². The first-order chi connectivity index (χ1) is 13.2. The second kappa shape index (κ2) is 16.8. The van der Waals surface area contributed by atoms with Crippen molar-refractivity contribution in [3.63, 3.8) is 0 Å². The van der Waals surface area contributed by atoms with Crippen LogP contribution in [-0.4, -0.2) is 12.6 Å². The molecule has 0 heterocycles. The first-order valence-corrected chi connectivity index (χ1v) is 11.2. The molecule has 1 rings (SSSR count). The average Bonchev–Trinajstić information content (AvgIpc) is 2.68. The van der Waals surface area contributed by atoms with Gasteiger partial charge in [-0.05, 0) is 24.6 Å². The predicted molar refractivity (Wildman–Crippen MR) is 112 cm³/mol. The Labute approximate surface area is 165 Å². The SMILES string of the molecule is CCCCCCCCCCCCCCCCCOc1cccc(C(=O)F)c1. The maximum Gasteiger partial charge on any atom is 0.332 e. The third kappa shape index (κ3) is 13.4. The van der Waals surface area contributed by atoms with Crippen LogP contribution < -0.4 is 4.74 Å². The summed E-state index contributed by atoms with van der Waals surface area (Å²) in [6, 6.07) is 4.93. The van der Waals surface area contributed by atoms with Gasteiger partial charge in [0.15, 0.2) is 0 Å². The molecule has 0 atom stereocenters. The van der Waals surface area contributed by atoms with Crippen molar-refractivity contribution in [3.05, 3.63) is 29.8 Å². The highest BCUT2D eigenvalue weighted by Crippen LogP contribution is 2.16. The van der Waals surface area contributed by atoms with Gasteiger partial charge in [-0.15, -0.1) is 0 Å². The molecule has 0 bridgehead atoms. The van der Waals surface area contributed by atoms with Crippen LogP contribution in [0.4, 0.5) is 4.39 Å². The molecule has 0 aromatic heterocycles. The van der Waals surface area contributed by atoms with Crippen LogP contribution in [0.3, 0.4) is 0 Å². The van der Waals surface area contributed by atoms with Crippen LogP contribution in [0.5, 0.6) is 5.75 Å². The van der Waals surface area contributed by atoms with E-state index in [2.05, 4.69) is 6.92 Å². The summed E-state index contributed by atoms with van der Waals surface area (Å²) in [6.45, 7) is 2.90. The molecule has 2 nitrogen and oxygen atoms in total. The molecule has 27 heavy (non-hydrogen) atoms. The highest BCUT2D eigenvalue weighted by molar-refractivity contribution is 5.88. The van der Waals surface area contributed by atoms with Crippen molar-refractivity contribution < 1.29 is 13.9 Å². The minimum Gasteiger partial charge on any atom is -0.494 e. The number of benzene rings is 1. The molecule has 1 aromatic rings. The fraction of sp³-hybridized carbons (Fsp3) is 0.708. The number of carbonyl (C=O) groups excluding carboxylic acids is 1. The molecule has 0 N–H and O–H groups in total. The van der Waals surface area contributed by atoms with Gasteiger partial charge < -0.3 is 4.74 Å². The van der Waals surface area contributed by atoms with E-state index in [-0.39, 0.29) is 5.56 Å². The van der Waals surface area contributed by atoms with Gasteiger partial charge in [0.05, 0.1) is 12.2 Å². The number of hydrogen-bond donors (Lipinski definition) is 0. The van der Waals surface area contributed by atoms with Gasteiger partial charge >= 0.3 is 6.04 Å². The minimum atomic E-state index is -1.41. The van der Waals surface area contributed by atoms with Gasteiger partial charge in [0.25, 0.3) is 0 Å². The first kappa shape index (κ1) is 23.7. The zero-order valence-electron chi connectivity index (χ0n) is 17.3. The monoisotopic (exact) mass is 378 g/mol. The fourth-order valence-corrected chi connectivity index (χ4v) is 3.37. The highest BCUT2D eigenvalue weighted by Gasteiger charge is 2.04. The number of hydrogen-bond acceptors (Lipinski definition) is 2. The lowest BCUT2D eigenvalue weighted by molar-refractivity contribution is 0.0835. The van der Waals surface area contributed by atoms with Gasteiger partial charge in [-0.3, -0.25) is 4.79 Å². The Bertz CT molecular complexity index is 487. The van der Waals surface area contributed by atoms with E-state index < -0.39 is 6.04 Å². The lowest BCUT2D eigenvalue weighted by Gasteiger charge is -2.07. The van der Waals surface area contributed by atoms with Gasteiger partial charge in [0.2, 0.25) is 0 Å². The second-order valence-electron chi connectivity index (χ2n) is 7.60. The van der Waals surface area contributed by atoms with Crippen molar-refractivity contribution in [2.45, 2.75) is 103 Å². The van der Waals surface area contributed by atoms with Crippen molar-refractivity contribution in [1.29, 1.82) is 0 Å². The standard InChI is InChI=1S/C24H39FO2/c1-2-3-4-5-6-7-8-9-10-11-12-13-14-15-16-20-27-23-19-17-18-22(21-23)24(25)26/h17-19,21H,2-16,20H2,1H3. The summed E-state index contributed by atoms with van der Waals surface area (Å²) < 4.78 is 18.2. The Morgan fingerprint density at radius 3 is 1.74 bits per heavy atom. The van der Waals surface area contributed by atoms with Crippen molar-refractivity contribution in [3.8, 4) is 5.75 Å². The number of halogens is 1. The predicted octanol–water partition coefficient (Wildman–Crippen LogP) is 8.05. The van der Waals surface area contributed by atoms with Crippen molar-refractivity contribution in [2.75, 3.05) is 6.61 Å². The molecule has 0 aliphatic heterocycles. The Morgan fingerprint density at radius 1 is 0.778 bits per heavy atom. The summed E-state index contributed by atoms with van der Waals surface area (Å²) in [5, 5.41) is 0. The normalized spacial score (nSPS) is 10.9. The molecule has 1 aromatic carbocycles. The molecule has 0 fully saturated rings. The molecule has 154 valence electrons. The van der Waals surface area contributed by atoms with Crippen molar-refractivity contribution in [2.24, 2.45) is 0 Å². The van der Waals surface area contributed by atoms with E-state index in [0.717, 1.165) is 6.42 Å². The maximum absolute atomic E-state index is 12.7. The molecule has 0 aliphatic carbocycles. The topological polar surface area (TPSA) is 26.3 Å². The molecule has 0 aliphatic rings. The molecule has 0 saturated carbocycles. The number of rotatable bonds is 18. The van der Waals surface area contributed by atoms with Crippen LogP contribution in [0.2, 0.25) is 0 Å². The molecular formula is C24H39FO2. The van der Waals surface area contributed by atoms with Crippen LogP contribution in [0.1, 0.15) is 114 Å². The summed E-state index contributed by atoms with van der Waals surface area (Å²) in [4.78, 5) is 10.7. The number of unbranched alkanes of at least 4 members (excludes halogenated alkanes) is 14. The number of carbonyl (C=O) groups is 1. The quantitative estimate of drug-likeness (QED) is 0.191. The number of ether oxygens (including phenoxy) is 1. The minimum absolute atomic E-state index is 0.0593. The third-order valence-electron chi connectivity index (χ3n) is 5.08. The second-order valence-corrected chi connectivity index (χ2v) is 7.60. The fourth-order valence-electron chi connectivity index (χ4n) is 3.37. The van der Waals surface area contributed by atoms with E-state index in [1.807, 2.05) is 0 Å². The lowest BCUT2D eigenvalue weighted by atomic mass is 10.0. The van der Waals surface area contributed by atoms with Crippen LogP contribution in [0.25, 0.3) is 0 Å². The van der Waals surface area contributed by atoms with Crippen LogP contribution >= 0.6 is 0 Å². The average molecular weight is 379 g/mol. The summed E-state index contributed by atoms with van der Waals surface area (Å²) >= 11 is 0. The maximum atomic E-state index is 12.7. The van der Waals surface area contributed by atoms with Crippen LogP contribution in [0.15, 0.2) is 24.3 Å². The Balaban J connectivity index is 1.83. The van der Waals surface area contributed by atoms with Gasteiger partial charge in [0.1, 0.15) is 5.75 Å². The Hall–Kier alpha value is -1.38. The highest BCUT2D eigenvalue weighted by atomic mass is 19.1. The van der Waals surface area contributed by atoms with Gasteiger partial charge in [-0.1, -0.05) is 103 Å². The zero-order valence-corrected chi connectivity index (χ0v) is 17.3. The lowest BCUT2D eigenvalue weighted by Crippen LogP contribution is -1.98. The smallest absolute Gasteiger partial charge is 0.332 e. The third-order valence-corrected chi connectivity index (χ3v) is 5.08.